The summed E-state index contributed by atoms with van der Waals surface area (Å²) in [6.45, 7) is 3.72. The molecule has 21 heavy (non-hydrogen) atoms. The first-order valence-electron chi connectivity index (χ1n) is 7.40. The number of nitrogen functional groups attached to an aromatic ring is 1. The van der Waals surface area contributed by atoms with Gasteiger partial charge < -0.3 is 15.8 Å². The monoisotopic (exact) mass is 285 g/mol. The Morgan fingerprint density at radius 2 is 2.00 bits per heavy atom. The lowest BCUT2D eigenvalue weighted by Crippen LogP contribution is -2.37. The predicted molar refractivity (Wildman–Crippen MR) is 86.4 cm³/mol. The van der Waals surface area contributed by atoms with E-state index in [9.17, 15) is 0 Å². The first kappa shape index (κ1) is 15.3. The predicted octanol–water partition coefficient (Wildman–Crippen LogP) is 2.65. The van der Waals surface area contributed by atoms with Gasteiger partial charge in [-0.15, -0.1) is 0 Å². The molecule has 2 aromatic rings. The molecular formula is C17H23N3O. The number of benzene rings is 1. The summed E-state index contributed by atoms with van der Waals surface area (Å²) in [4.78, 5) is 4.14. The Hall–Kier alpha value is -2.07. The minimum Gasteiger partial charge on any atom is -0.492 e. The number of rotatable bonds is 8. The van der Waals surface area contributed by atoms with E-state index in [0.717, 1.165) is 30.7 Å². The maximum absolute atomic E-state index is 5.93. The molecule has 0 aliphatic rings. The van der Waals surface area contributed by atoms with Crippen LogP contribution in [-0.2, 0) is 6.42 Å². The SMILES string of the molecule is CCCNC(COc1ccccc1)Cc1cccnc1N. The summed E-state index contributed by atoms with van der Waals surface area (Å²) < 4.78 is 5.85. The topological polar surface area (TPSA) is 60.2 Å². The second kappa shape index (κ2) is 8.27. The lowest BCUT2D eigenvalue weighted by Gasteiger charge is -2.19. The molecule has 0 fully saturated rings. The van der Waals surface area contributed by atoms with Gasteiger partial charge in [0.05, 0.1) is 0 Å². The van der Waals surface area contributed by atoms with Crippen molar-refractivity contribution in [3.63, 3.8) is 0 Å². The van der Waals surface area contributed by atoms with E-state index in [4.69, 9.17) is 10.5 Å². The van der Waals surface area contributed by atoms with E-state index in [1.807, 2.05) is 42.5 Å². The Balaban J connectivity index is 1.96. The molecule has 112 valence electrons. The molecule has 1 atom stereocenters. The number of para-hydroxylation sites is 1. The Kier molecular flexibility index (Phi) is 6.03. The molecule has 4 nitrogen and oxygen atoms in total. The summed E-state index contributed by atoms with van der Waals surface area (Å²) in [5.41, 5.74) is 6.98. The van der Waals surface area contributed by atoms with Crippen molar-refractivity contribution in [2.45, 2.75) is 25.8 Å². The first-order chi connectivity index (χ1) is 10.3. The van der Waals surface area contributed by atoms with Crippen LogP contribution in [-0.4, -0.2) is 24.2 Å². The van der Waals surface area contributed by atoms with Gasteiger partial charge >= 0.3 is 0 Å². The van der Waals surface area contributed by atoms with Crippen molar-refractivity contribution in [1.82, 2.24) is 10.3 Å². The van der Waals surface area contributed by atoms with E-state index >= 15 is 0 Å². The van der Waals surface area contributed by atoms with Crippen molar-refractivity contribution >= 4 is 5.82 Å². The summed E-state index contributed by atoms with van der Waals surface area (Å²) in [7, 11) is 0. The average molecular weight is 285 g/mol. The van der Waals surface area contributed by atoms with Crippen LogP contribution in [0.4, 0.5) is 5.82 Å². The van der Waals surface area contributed by atoms with E-state index in [1.54, 1.807) is 6.20 Å². The highest BCUT2D eigenvalue weighted by Crippen LogP contribution is 2.13. The van der Waals surface area contributed by atoms with Crippen molar-refractivity contribution in [3.05, 3.63) is 54.2 Å². The van der Waals surface area contributed by atoms with Crippen molar-refractivity contribution in [3.8, 4) is 5.75 Å². The molecule has 0 aliphatic heterocycles. The third-order valence-electron chi connectivity index (χ3n) is 3.27. The third kappa shape index (κ3) is 5.08. The molecule has 0 radical (unpaired) electrons. The van der Waals surface area contributed by atoms with Crippen LogP contribution in [0.1, 0.15) is 18.9 Å². The fourth-order valence-corrected chi connectivity index (χ4v) is 2.14. The zero-order chi connectivity index (χ0) is 14.9. The quantitative estimate of drug-likeness (QED) is 0.783. The molecule has 0 spiro atoms. The molecule has 1 heterocycles. The number of anilines is 1. The maximum Gasteiger partial charge on any atom is 0.126 e. The van der Waals surface area contributed by atoms with Gasteiger partial charge in [-0.3, -0.25) is 0 Å². The standard InChI is InChI=1S/C17H23N3O/c1-2-10-19-15(12-14-7-6-11-20-17(14)18)13-21-16-8-4-3-5-9-16/h3-9,11,15,19H,2,10,12-13H2,1H3,(H2,18,20). The van der Waals surface area contributed by atoms with Crippen LogP contribution in [0.3, 0.4) is 0 Å². The molecule has 0 aliphatic carbocycles. The summed E-state index contributed by atoms with van der Waals surface area (Å²) in [5, 5.41) is 3.51. The Morgan fingerprint density at radius 3 is 2.71 bits per heavy atom. The van der Waals surface area contributed by atoms with Crippen LogP contribution in [0, 0.1) is 0 Å². The molecule has 4 heteroatoms. The smallest absolute Gasteiger partial charge is 0.126 e. The van der Waals surface area contributed by atoms with Crippen molar-refractivity contribution in [2.24, 2.45) is 0 Å². The molecule has 0 saturated heterocycles. The maximum atomic E-state index is 5.93. The zero-order valence-electron chi connectivity index (χ0n) is 12.5. The van der Waals surface area contributed by atoms with Gasteiger partial charge in [0, 0.05) is 12.2 Å². The van der Waals surface area contributed by atoms with Gasteiger partial charge in [0.2, 0.25) is 0 Å². The fraction of sp³-hybridized carbons (Fsp3) is 0.353. The highest BCUT2D eigenvalue weighted by atomic mass is 16.5. The molecule has 1 aromatic heterocycles. The summed E-state index contributed by atoms with van der Waals surface area (Å²) in [6, 6.07) is 14.0. The fourth-order valence-electron chi connectivity index (χ4n) is 2.14. The number of nitrogens with zero attached hydrogens (tertiary/aromatic N) is 1. The van der Waals surface area contributed by atoms with E-state index < -0.39 is 0 Å². The van der Waals surface area contributed by atoms with E-state index in [-0.39, 0.29) is 6.04 Å². The van der Waals surface area contributed by atoms with Gasteiger partial charge in [-0.25, -0.2) is 4.98 Å². The largest absolute Gasteiger partial charge is 0.492 e. The summed E-state index contributed by atoms with van der Waals surface area (Å²) >= 11 is 0. The van der Waals surface area contributed by atoms with Crippen LogP contribution in [0.2, 0.25) is 0 Å². The van der Waals surface area contributed by atoms with Crippen LogP contribution in [0.5, 0.6) is 5.75 Å². The number of ether oxygens (including phenoxy) is 1. The third-order valence-corrected chi connectivity index (χ3v) is 3.27. The van der Waals surface area contributed by atoms with Gasteiger partial charge in [0.25, 0.3) is 0 Å². The number of hydrogen-bond acceptors (Lipinski definition) is 4. The Labute approximate surface area is 126 Å². The van der Waals surface area contributed by atoms with Crippen molar-refractivity contribution in [1.29, 1.82) is 0 Å². The molecule has 0 saturated carbocycles. The number of aromatic nitrogens is 1. The average Bonchev–Trinajstić information content (AvgIpc) is 2.53. The number of pyridine rings is 1. The van der Waals surface area contributed by atoms with Gasteiger partial charge in [-0.2, -0.15) is 0 Å². The highest BCUT2D eigenvalue weighted by Gasteiger charge is 2.12. The van der Waals surface area contributed by atoms with Crippen LogP contribution >= 0.6 is 0 Å². The van der Waals surface area contributed by atoms with Gasteiger partial charge in [0.15, 0.2) is 0 Å². The summed E-state index contributed by atoms with van der Waals surface area (Å²) in [6.07, 6.45) is 3.62. The second-order valence-corrected chi connectivity index (χ2v) is 5.03. The molecule has 0 bridgehead atoms. The highest BCUT2D eigenvalue weighted by molar-refractivity contribution is 5.38. The lowest BCUT2D eigenvalue weighted by molar-refractivity contribution is 0.263. The van der Waals surface area contributed by atoms with Crippen molar-refractivity contribution < 1.29 is 4.74 Å². The molecular weight excluding hydrogens is 262 g/mol. The van der Waals surface area contributed by atoms with Gasteiger partial charge in [-0.05, 0) is 43.1 Å². The molecule has 3 N–H and O–H groups in total. The van der Waals surface area contributed by atoms with Crippen LogP contribution in [0.25, 0.3) is 0 Å². The number of nitrogens with one attached hydrogen (secondary N) is 1. The van der Waals surface area contributed by atoms with Gasteiger partial charge in [0.1, 0.15) is 18.2 Å². The van der Waals surface area contributed by atoms with Crippen LogP contribution < -0.4 is 15.8 Å². The van der Waals surface area contributed by atoms with Crippen molar-refractivity contribution in [2.75, 3.05) is 18.9 Å². The van der Waals surface area contributed by atoms with E-state index in [1.165, 1.54) is 0 Å². The minimum atomic E-state index is 0.219. The molecule has 2 rings (SSSR count). The zero-order valence-corrected chi connectivity index (χ0v) is 12.5. The first-order valence-corrected chi connectivity index (χ1v) is 7.40. The van der Waals surface area contributed by atoms with E-state index in [2.05, 4.69) is 17.2 Å². The normalized spacial score (nSPS) is 12.0. The second-order valence-electron chi connectivity index (χ2n) is 5.03. The number of hydrogen-bond donors (Lipinski definition) is 2. The summed E-state index contributed by atoms with van der Waals surface area (Å²) in [5.74, 6) is 1.49. The lowest BCUT2D eigenvalue weighted by atomic mass is 10.1. The molecule has 1 aromatic carbocycles. The number of nitrogens with two attached hydrogens (primary N) is 1. The van der Waals surface area contributed by atoms with Crippen LogP contribution in [0.15, 0.2) is 48.7 Å². The Morgan fingerprint density at radius 1 is 1.19 bits per heavy atom. The van der Waals surface area contributed by atoms with E-state index in [0.29, 0.717) is 12.4 Å². The Bertz CT molecular complexity index is 531. The minimum absolute atomic E-state index is 0.219. The van der Waals surface area contributed by atoms with Gasteiger partial charge in [-0.1, -0.05) is 31.2 Å². The molecule has 0 amide bonds. The molecule has 1 unspecified atom stereocenters.